The van der Waals surface area contributed by atoms with Crippen LogP contribution in [0.25, 0.3) is 0 Å². The van der Waals surface area contributed by atoms with Crippen LogP contribution < -0.4 is 0 Å². The molecule has 130 valence electrons. The monoisotopic (exact) mass is 371 g/mol. The topological polar surface area (TPSA) is 30.0 Å². The van der Waals surface area contributed by atoms with Crippen LogP contribution in [0.15, 0.2) is 40.9 Å². The van der Waals surface area contributed by atoms with Gasteiger partial charge in [-0.3, -0.25) is 4.79 Å². The average Bonchev–Trinajstić information content (AvgIpc) is 3.01. The summed E-state index contributed by atoms with van der Waals surface area (Å²) >= 11 is 7.82. The number of hydrogen-bond donors (Lipinski definition) is 0. The van der Waals surface area contributed by atoms with E-state index in [1.807, 2.05) is 17.6 Å². The van der Waals surface area contributed by atoms with Crippen molar-refractivity contribution >= 4 is 28.7 Å². The van der Waals surface area contributed by atoms with Crippen molar-refractivity contribution in [2.45, 2.75) is 51.9 Å². The molecule has 0 saturated heterocycles. The molecule has 1 heterocycles. The maximum Gasteiger partial charge on any atom is 0.160 e. The molecule has 0 spiro atoms. The van der Waals surface area contributed by atoms with Gasteiger partial charge in [-0.15, -0.1) is 11.3 Å². The lowest BCUT2D eigenvalue weighted by Crippen LogP contribution is -2.41. The Balaban J connectivity index is 2.01. The Morgan fingerprint density at radius 2 is 1.92 bits per heavy atom. The predicted molar refractivity (Wildman–Crippen MR) is 103 cm³/mol. The maximum atomic E-state index is 13.3. The first kappa shape index (κ1) is 17.0. The zero-order chi connectivity index (χ0) is 17.8. The second-order valence-corrected chi connectivity index (χ2v) is 9.28. The quantitative estimate of drug-likeness (QED) is 0.674. The first-order valence-corrected chi connectivity index (χ1v) is 10.1. The second-order valence-electron chi connectivity index (χ2n) is 7.99. The zero-order valence-electron chi connectivity index (χ0n) is 14.9. The molecule has 0 amide bonds. The summed E-state index contributed by atoms with van der Waals surface area (Å²) in [5.74, 6) is 0.308. The molecule has 0 fully saturated rings. The summed E-state index contributed by atoms with van der Waals surface area (Å²) in [6.45, 7) is 6.57. The lowest BCUT2D eigenvalue weighted by molar-refractivity contribution is -0.118. The molecule has 1 aromatic carbocycles. The number of hydrogen-bond acceptors (Lipinski definition) is 3. The van der Waals surface area contributed by atoms with Crippen molar-refractivity contribution in [3.63, 3.8) is 0 Å². The van der Waals surface area contributed by atoms with E-state index in [4.69, 9.17) is 11.6 Å². The predicted octanol–water partition coefficient (Wildman–Crippen LogP) is 5.73. The van der Waals surface area contributed by atoms with Crippen LogP contribution >= 0.6 is 22.9 Å². The van der Waals surface area contributed by atoms with E-state index in [1.54, 1.807) is 11.3 Å². The Morgan fingerprint density at radius 1 is 1.20 bits per heavy atom. The molecule has 25 heavy (non-hydrogen) atoms. The van der Waals surface area contributed by atoms with E-state index in [2.05, 4.69) is 37.9 Å². The standard InChI is InChI=1S/C21H22ClNOS/c1-4-21(14-5-7-15(22)8-6-14)18-13(9-16-19(21)25-12-23-16)10-20(2,3)11-17(18)24/h5-8,12H,4,9-11H2,1-3H3. The van der Waals surface area contributed by atoms with Crippen LogP contribution in [-0.2, 0) is 16.6 Å². The number of carbonyl (C=O) groups is 1. The molecule has 4 heteroatoms. The lowest BCUT2D eigenvalue weighted by Gasteiger charge is -2.44. The minimum atomic E-state index is -0.373. The number of nitrogens with zero attached hydrogens (tertiary/aromatic N) is 1. The van der Waals surface area contributed by atoms with Crippen molar-refractivity contribution in [1.29, 1.82) is 0 Å². The number of rotatable bonds is 2. The minimum absolute atomic E-state index is 0.0307. The molecule has 2 nitrogen and oxygen atoms in total. The van der Waals surface area contributed by atoms with Gasteiger partial charge in [-0.25, -0.2) is 4.98 Å². The highest BCUT2D eigenvalue weighted by molar-refractivity contribution is 7.10. The molecule has 1 aromatic heterocycles. The fourth-order valence-corrected chi connectivity index (χ4v) is 5.99. The highest BCUT2D eigenvalue weighted by atomic mass is 35.5. The van der Waals surface area contributed by atoms with Crippen molar-refractivity contribution in [3.8, 4) is 0 Å². The van der Waals surface area contributed by atoms with Crippen LogP contribution in [0.1, 0.15) is 56.2 Å². The fraction of sp³-hybridized carbons (Fsp3) is 0.429. The molecule has 1 unspecified atom stereocenters. The van der Waals surface area contributed by atoms with Gasteiger partial charge in [0.15, 0.2) is 5.78 Å². The fourth-order valence-electron chi connectivity index (χ4n) is 4.75. The van der Waals surface area contributed by atoms with Crippen molar-refractivity contribution in [3.05, 3.63) is 62.1 Å². The van der Waals surface area contributed by atoms with E-state index in [-0.39, 0.29) is 10.8 Å². The van der Waals surface area contributed by atoms with E-state index in [9.17, 15) is 4.79 Å². The van der Waals surface area contributed by atoms with Gasteiger partial charge < -0.3 is 0 Å². The van der Waals surface area contributed by atoms with Crippen molar-refractivity contribution in [2.24, 2.45) is 5.41 Å². The average molecular weight is 372 g/mol. The summed E-state index contributed by atoms with van der Waals surface area (Å²) in [5, 5.41) is 0.723. The van der Waals surface area contributed by atoms with E-state index in [1.165, 1.54) is 10.5 Å². The Hall–Kier alpha value is -1.45. The molecule has 4 rings (SSSR count). The van der Waals surface area contributed by atoms with Crippen LogP contribution in [0, 0.1) is 5.41 Å². The molecular formula is C21H22ClNOS. The number of aromatic nitrogens is 1. The largest absolute Gasteiger partial charge is 0.294 e. The normalized spacial score (nSPS) is 24.9. The van der Waals surface area contributed by atoms with E-state index in [0.29, 0.717) is 12.2 Å². The van der Waals surface area contributed by atoms with Gasteiger partial charge >= 0.3 is 0 Å². The third-order valence-corrected chi connectivity index (χ3v) is 6.95. The number of benzene rings is 1. The highest BCUT2D eigenvalue weighted by Gasteiger charge is 2.49. The van der Waals surface area contributed by atoms with Crippen LogP contribution in [0.3, 0.4) is 0 Å². The maximum absolute atomic E-state index is 13.3. The smallest absolute Gasteiger partial charge is 0.160 e. The Morgan fingerprint density at radius 3 is 2.60 bits per heavy atom. The molecule has 2 aliphatic carbocycles. The van der Waals surface area contributed by atoms with Gasteiger partial charge in [0.1, 0.15) is 0 Å². The van der Waals surface area contributed by atoms with Gasteiger partial charge in [0, 0.05) is 28.3 Å². The number of thiazole rings is 1. The van der Waals surface area contributed by atoms with Gasteiger partial charge in [0.25, 0.3) is 0 Å². The van der Waals surface area contributed by atoms with E-state index in [0.717, 1.165) is 41.1 Å². The Labute approximate surface area is 157 Å². The molecular weight excluding hydrogens is 350 g/mol. The highest BCUT2D eigenvalue weighted by Crippen LogP contribution is 2.54. The van der Waals surface area contributed by atoms with Crippen LogP contribution in [0.5, 0.6) is 0 Å². The van der Waals surface area contributed by atoms with Crippen molar-refractivity contribution in [2.75, 3.05) is 0 Å². The second kappa shape index (κ2) is 5.78. The zero-order valence-corrected chi connectivity index (χ0v) is 16.4. The molecule has 0 radical (unpaired) electrons. The van der Waals surface area contributed by atoms with E-state index >= 15 is 0 Å². The molecule has 2 aromatic rings. The number of ketones is 1. The van der Waals surface area contributed by atoms with E-state index < -0.39 is 0 Å². The molecule has 2 aliphatic rings. The van der Waals surface area contributed by atoms with Crippen LogP contribution in [-0.4, -0.2) is 10.8 Å². The number of carbonyl (C=O) groups excluding carboxylic acids is 1. The summed E-state index contributed by atoms with van der Waals surface area (Å²) in [6.07, 6.45) is 3.27. The van der Waals surface area contributed by atoms with Gasteiger partial charge in [-0.05, 0) is 36.0 Å². The molecule has 0 bridgehead atoms. The Bertz CT molecular complexity index is 878. The SMILES string of the molecule is CCC1(c2ccc(Cl)cc2)C2=C(Cc3ncsc31)CC(C)(C)CC2=O. The molecule has 0 N–H and O–H groups in total. The third kappa shape index (κ3) is 2.51. The van der Waals surface area contributed by atoms with Gasteiger partial charge in [0.05, 0.1) is 16.6 Å². The Kier molecular flexibility index (Phi) is 3.93. The van der Waals surface area contributed by atoms with Crippen LogP contribution in [0.4, 0.5) is 0 Å². The number of allylic oxidation sites excluding steroid dienone is 2. The van der Waals surface area contributed by atoms with Gasteiger partial charge in [-0.2, -0.15) is 0 Å². The summed E-state index contributed by atoms with van der Waals surface area (Å²) in [5.41, 5.74) is 6.21. The summed E-state index contributed by atoms with van der Waals surface area (Å²) < 4.78 is 0. The summed E-state index contributed by atoms with van der Waals surface area (Å²) in [7, 11) is 0. The first-order chi connectivity index (χ1) is 11.9. The summed E-state index contributed by atoms with van der Waals surface area (Å²) in [6, 6.07) is 8.03. The number of halogens is 1. The van der Waals surface area contributed by atoms with Crippen molar-refractivity contribution in [1.82, 2.24) is 4.98 Å². The van der Waals surface area contributed by atoms with Crippen molar-refractivity contribution < 1.29 is 4.79 Å². The summed E-state index contributed by atoms with van der Waals surface area (Å²) in [4.78, 5) is 19.2. The molecule has 1 atom stereocenters. The third-order valence-electron chi connectivity index (χ3n) is 5.67. The molecule has 0 saturated carbocycles. The molecule has 0 aliphatic heterocycles. The minimum Gasteiger partial charge on any atom is -0.294 e. The first-order valence-electron chi connectivity index (χ1n) is 8.82. The van der Waals surface area contributed by atoms with Gasteiger partial charge in [-0.1, -0.05) is 50.1 Å². The van der Waals surface area contributed by atoms with Crippen LogP contribution in [0.2, 0.25) is 5.02 Å². The number of Topliss-reactive ketones (excluding diaryl/α,β-unsaturated/α-hetero) is 1. The number of fused-ring (bicyclic) bond motifs is 1. The van der Waals surface area contributed by atoms with Gasteiger partial charge in [0.2, 0.25) is 0 Å². The lowest BCUT2D eigenvalue weighted by atomic mass is 9.59.